The highest BCUT2D eigenvalue weighted by molar-refractivity contribution is 6.22. The van der Waals surface area contributed by atoms with Crippen molar-refractivity contribution in [2.24, 2.45) is 0 Å². The van der Waals surface area contributed by atoms with E-state index in [1.807, 2.05) is 19.1 Å². The molecule has 2 aromatic carbocycles. The third kappa shape index (κ3) is 3.50. The predicted molar refractivity (Wildman–Crippen MR) is 107 cm³/mol. The lowest BCUT2D eigenvalue weighted by Crippen LogP contribution is -2.24. The van der Waals surface area contributed by atoms with Crippen LogP contribution >= 0.6 is 0 Å². The van der Waals surface area contributed by atoms with Gasteiger partial charge in [0.1, 0.15) is 0 Å². The Morgan fingerprint density at radius 1 is 1.07 bits per heavy atom. The van der Waals surface area contributed by atoms with E-state index < -0.39 is 0 Å². The van der Waals surface area contributed by atoms with E-state index in [1.165, 1.54) is 7.05 Å². The first-order chi connectivity index (χ1) is 13.9. The molecule has 4 rings (SSSR count). The van der Waals surface area contributed by atoms with E-state index in [0.29, 0.717) is 22.4 Å². The number of benzene rings is 2. The summed E-state index contributed by atoms with van der Waals surface area (Å²) in [4.78, 5) is 46.6. The van der Waals surface area contributed by atoms with Gasteiger partial charge in [0, 0.05) is 30.7 Å². The van der Waals surface area contributed by atoms with E-state index in [-0.39, 0.29) is 24.1 Å². The summed E-state index contributed by atoms with van der Waals surface area (Å²) in [6.07, 6.45) is 4.90. The standard InChI is InChI=1S/C22H18N4O3/c1-13-9-15(20-17(10-13)21(28)26(2)22(20)29)11-19(27)25-16-5-3-14(4-6-16)18-12-23-7-8-24-18/h3-10,12H,11H2,1-2H3,(H,25,27). The second-order valence-corrected chi connectivity index (χ2v) is 6.91. The molecule has 0 atom stereocenters. The fourth-order valence-corrected chi connectivity index (χ4v) is 3.41. The number of amides is 3. The van der Waals surface area contributed by atoms with Gasteiger partial charge in [0.25, 0.3) is 11.8 Å². The van der Waals surface area contributed by atoms with E-state index in [0.717, 1.165) is 21.7 Å². The Labute approximate surface area is 167 Å². The smallest absolute Gasteiger partial charge is 0.261 e. The van der Waals surface area contributed by atoms with Crippen LogP contribution in [0, 0.1) is 6.92 Å². The summed E-state index contributed by atoms with van der Waals surface area (Å²) in [5, 5.41) is 2.83. The molecule has 3 aromatic rings. The summed E-state index contributed by atoms with van der Waals surface area (Å²) >= 11 is 0. The average Bonchev–Trinajstić information content (AvgIpc) is 2.93. The van der Waals surface area contributed by atoms with Gasteiger partial charge in [0.15, 0.2) is 0 Å². The number of nitrogens with zero attached hydrogens (tertiary/aromatic N) is 3. The zero-order chi connectivity index (χ0) is 20.5. The Kier molecular flexibility index (Phi) is 4.64. The molecule has 0 spiro atoms. The van der Waals surface area contributed by atoms with E-state index in [9.17, 15) is 14.4 Å². The lowest BCUT2D eigenvalue weighted by molar-refractivity contribution is -0.115. The van der Waals surface area contributed by atoms with Gasteiger partial charge >= 0.3 is 0 Å². The molecule has 7 heteroatoms. The van der Waals surface area contributed by atoms with E-state index in [4.69, 9.17) is 0 Å². The SMILES string of the molecule is Cc1cc(CC(=O)Nc2ccc(-c3cnccn3)cc2)c2c(c1)C(=O)N(C)C2=O. The van der Waals surface area contributed by atoms with Crippen LogP contribution in [0.25, 0.3) is 11.3 Å². The monoisotopic (exact) mass is 386 g/mol. The molecule has 0 saturated heterocycles. The normalized spacial score (nSPS) is 12.8. The van der Waals surface area contributed by atoms with Crippen molar-refractivity contribution in [3.63, 3.8) is 0 Å². The Balaban J connectivity index is 1.52. The molecule has 2 heterocycles. The highest BCUT2D eigenvalue weighted by atomic mass is 16.2. The van der Waals surface area contributed by atoms with Gasteiger partial charge in [0.2, 0.25) is 5.91 Å². The van der Waals surface area contributed by atoms with Crippen molar-refractivity contribution in [2.75, 3.05) is 12.4 Å². The number of aryl methyl sites for hydroxylation is 1. The van der Waals surface area contributed by atoms with Crippen LogP contribution in [0.2, 0.25) is 0 Å². The maximum absolute atomic E-state index is 12.6. The predicted octanol–water partition coefficient (Wildman–Crippen LogP) is 2.86. The molecule has 1 aliphatic heterocycles. The molecule has 3 amide bonds. The van der Waals surface area contributed by atoms with Crippen molar-refractivity contribution in [2.45, 2.75) is 13.3 Å². The van der Waals surface area contributed by atoms with E-state index in [2.05, 4.69) is 15.3 Å². The van der Waals surface area contributed by atoms with Crippen LogP contribution in [0.4, 0.5) is 5.69 Å². The number of imide groups is 1. The van der Waals surface area contributed by atoms with E-state index >= 15 is 0 Å². The number of fused-ring (bicyclic) bond motifs is 1. The first-order valence-electron chi connectivity index (χ1n) is 9.06. The molecule has 0 aliphatic carbocycles. The van der Waals surface area contributed by atoms with Gasteiger partial charge in [-0.3, -0.25) is 29.3 Å². The molecule has 1 aliphatic rings. The van der Waals surface area contributed by atoms with Crippen LogP contribution in [-0.4, -0.2) is 39.6 Å². The fourth-order valence-electron chi connectivity index (χ4n) is 3.41. The lowest BCUT2D eigenvalue weighted by atomic mass is 9.97. The van der Waals surface area contributed by atoms with Crippen LogP contribution in [0.1, 0.15) is 31.8 Å². The minimum Gasteiger partial charge on any atom is -0.326 e. The molecule has 7 nitrogen and oxygen atoms in total. The van der Waals surface area contributed by atoms with Crippen LogP contribution in [0.15, 0.2) is 55.0 Å². The second kappa shape index (κ2) is 7.27. The number of carbonyl (C=O) groups is 3. The van der Waals surface area contributed by atoms with Crippen LogP contribution in [0.3, 0.4) is 0 Å². The number of nitrogens with one attached hydrogen (secondary N) is 1. The highest BCUT2D eigenvalue weighted by Crippen LogP contribution is 2.27. The number of hydrogen-bond donors (Lipinski definition) is 1. The highest BCUT2D eigenvalue weighted by Gasteiger charge is 2.35. The topological polar surface area (TPSA) is 92.3 Å². The zero-order valence-electron chi connectivity index (χ0n) is 16.0. The van der Waals surface area contributed by atoms with Crippen molar-refractivity contribution in [1.82, 2.24) is 14.9 Å². The van der Waals surface area contributed by atoms with E-state index in [1.54, 1.807) is 42.9 Å². The molecule has 0 bridgehead atoms. The Morgan fingerprint density at radius 3 is 2.52 bits per heavy atom. The fraction of sp³-hybridized carbons (Fsp3) is 0.136. The minimum atomic E-state index is -0.374. The second-order valence-electron chi connectivity index (χ2n) is 6.91. The van der Waals surface area contributed by atoms with Crippen molar-refractivity contribution in [1.29, 1.82) is 0 Å². The number of carbonyl (C=O) groups excluding carboxylic acids is 3. The Morgan fingerprint density at radius 2 is 1.83 bits per heavy atom. The molecule has 0 unspecified atom stereocenters. The number of rotatable bonds is 4. The molecule has 0 radical (unpaired) electrons. The van der Waals surface area contributed by atoms with Gasteiger partial charge in [-0.2, -0.15) is 0 Å². The van der Waals surface area contributed by atoms with Gasteiger partial charge < -0.3 is 5.32 Å². The van der Waals surface area contributed by atoms with Gasteiger partial charge in [-0.05, 0) is 36.2 Å². The molecular weight excluding hydrogens is 368 g/mol. The number of hydrogen-bond acceptors (Lipinski definition) is 5. The molecule has 144 valence electrons. The quantitative estimate of drug-likeness (QED) is 0.696. The van der Waals surface area contributed by atoms with Crippen LogP contribution < -0.4 is 5.32 Å². The van der Waals surface area contributed by atoms with Crippen LogP contribution in [0.5, 0.6) is 0 Å². The third-order valence-corrected chi connectivity index (χ3v) is 4.80. The summed E-state index contributed by atoms with van der Waals surface area (Å²) in [6, 6.07) is 10.7. The summed E-state index contributed by atoms with van der Waals surface area (Å²) in [5.74, 6) is -0.976. The summed E-state index contributed by atoms with van der Waals surface area (Å²) < 4.78 is 0. The van der Waals surface area contributed by atoms with Gasteiger partial charge in [-0.25, -0.2) is 0 Å². The lowest BCUT2D eigenvalue weighted by Gasteiger charge is -2.10. The van der Waals surface area contributed by atoms with Gasteiger partial charge in [-0.15, -0.1) is 0 Å². The molecule has 1 N–H and O–H groups in total. The molecule has 0 fully saturated rings. The summed E-state index contributed by atoms with van der Waals surface area (Å²) in [6.45, 7) is 1.84. The molecule has 29 heavy (non-hydrogen) atoms. The largest absolute Gasteiger partial charge is 0.326 e. The first kappa shape index (κ1) is 18.5. The maximum Gasteiger partial charge on any atom is 0.261 e. The number of anilines is 1. The van der Waals surface area contributed by atoms with Gasteiger partial charge in [-0.1, -0.05) is 18.2 Å². The minimum absolute atomic E-state index is 0.00276. The molecule has 1 aromatic heterocycles. The van der Waals surface area contributed by atoms with Crippen molar-refractivity contribution in [3.05, 3.63) is 77.2 Å². The van der Waals surface area contributed by atoms with Crippen molar-refractivity contribution < 1.29 is 14.4 Å². The number of aromatic nitrogens is 2. The Bertz CT molecular complexity index is 1120. The Hall–Kier alpha value is -3.87. The zero-order valence-corrected chi connectivity index (χ0v) is 16.0. The summed E-state index contributed by atoms with van der Waals surface area (Å²) in [7, 11) is 1.45. The third-order valence-electron chi connectivity index (χ3n) is 4.80. The first-order valence-corrected chi connectivity index (χ1v) is 9.06. The average molecular weight is 386 g/mol. The van der Waals surface area contributed by atoms with Crippen molar-refractivity contribution in [3.8, 4) is 11.3 Å². The van der Waals surface area contributed by atoms with Gasteiger partial charge in [0.05, 0.1) is 29.4 Å². The van der Waals surface area contributed by atoms with Crippen molar-refractivity contribution >= 4 is 23.4 Å². The molecular formula is C22H18N4O3. The molecule has 0 saturated carbocycles. The van der Waals surface area contributed by atoms with Crippen LogP contribution in [-0.2, 0) is 11.2 Å². The summed E-state index contributed by atoms with van der Waals surface area (Å²) in [5.41, 5.74) is 4.32. The maximum atomic E-state index is 12.6.